The summed E-state index contributed by atoms with van der Waals surface area (Å²) in [5.74, 6) is -1.01. The highest BCUT2D eigenvalue weighted by Crippen LogP contribution is 2.32. The minimum Gasteiger partial charge on any atom is -0.459 e. The van der Waals surface area contributed by atoms with Crippen molar-refractivity contribution in [2.24, 2.45) is 14.1 Å². The molecule has 0 amide bonds. The van der Waals surface area contributed by atoms with E-state index >= 15 is 0 Å². The van der Waals surface area contributed by atoms with Crippen LogP contribution < -0.4 is 0 Å². The SMILES string of the molecule is CC(C)OC(=O)c1cnc(Cl)nc1-c1cn(C)c2ccccc12.CC(C)OC(=O)c1cnc(Cl)nc1Cl.Cn1ccc2ccccc21.[Cl][Al]([Cl])[Cl]. The highest BCUT2D eigenvalue weighted by Gasteiger charge is 2.21. The molecule has 0 unspecified atom stereocenters. The number of fused-ring (bicyclic) bond motifs is 2. The van der Waals surface area contributed by atoms with Crippen LogP contribution in [0.3, 0.4) is 0 Å². The molecule has 6 rings (SSSR count). The van der Waals surface area contributed by atoms with E-state index in [9.17, 15) is 9.59 Å². The van der Waals surface area contributed by atoms with Gasteiger partial charge in [0.05, 0.1) is 17.9 Å². The van der Waals surface area contributed by atoms with E-state index in [4.69, 9.17) is 74.4 Å². The number of nitrogens with zero attached hydrogens (tertiary/aromatic N) is 6. The van der Waals surface area contributed by atoms with E-state index < -0.39 is 23.3 Å². The number of carbonyl (C=O) groups is 2. The number of rotatable bonds is 5. The van der Waals surface area contributed by atoms with E-state index in [2.05, 4.69) is 68.1 Å². The standard InChI is InChI=1S/C17H16ClN3O2.C9H9N.C8H8Cl2N2O2.Al.3ClH/c1-10(2)23-16(22)12-8-19-17(18)20-15(12)13-9-21(3)14-7-5-4-6-11(13)14;1-10-7-6-8-4-2-3-5-9(8)10;1-4(2)14-7(13)5-3-11-8(10)12-6(5)9;;;;/h4-10H,1-3H3;2-7H,1H3;3-4H,1-2H3;;3*1H/q;;;+3;;;/p-3. The van der Waals surface area contributed by atoms with Gasteiger partial charge in [-0.05, 0) is 74.5 Å². The number of ether oxygens (including phenoxy) is 2. The predicted molar refractivity (Wildman–Crippen MR) is 208 cm³/mol. The molecule has 0 saturated carbocycles. The van der Waals surface area contributed by atoms with Gasteiger partial charge < -0.3 is 18.6 Å². The Hall–Kier alpha value is -3.11. The monoisotopic (exact) mass is 826 g/mol. The number of aryl methyl sites for hydroxylation is 2. The molecule has 0 bridgehead atoms. The Morgan fingerprint density at radius 3 is 1.78 bits per heavy atom. The lowest BCUT2D eigenvalue weighted by Gasteiger charge is -2.10. The van der Waals surface area contributed by atoms with Crippen LogP contribution in [0.5, 0.6) is 0 Å². The van der Waals surface area contributed by atoms with Crippen molar-refractivity contribution in [3.05, 3.63) is 106 Å². The molecule has 51 heavy (non-hydrogen) atoms. The minimum absolute atomic E-state index is 0.00361. The predicted octanol–water partition coefficient (Wildman–Crippen LogP) is 10.1. The van der Waals surface area contributed by atoms with E-state index in [1.165, 1.54) is 23.3 Å². The van der Waals surface area contributed by atoms with E-state index in [1.54, 1.807) is 27.7 Å². The fraction of sp³-hybridized carbons (Fsp3) is 0.235. The molecule has 268 valence electrons. The Balaban J connectivity index is 0.000000212. The summed E-state index contributed by atoms with van der Waals surface area (Å²) in [5.41, 5.74) is 4.06. The summed E-state index contributed by atoms with van der Waals surface area (Å²) in [4.78, 5) is 39.2. The van der Waals surface area contributed by atoms with Gasteiger partial charge in [0.1, 0.15) is 16.3 Å². The Morgan fingerprint density at radius 1 is 0.706 bits per heavy atom. The molecule has 4 heterocycles. The molecule has 2 aromatic carbocycles. The van der Waals surface area contributed by atoms with Gasteiger partial charge in [-0.1, -0.05) is 48.0 Å². The van der Waals surface area contributed by atoms with Crippen molar-refractivity contribution >= 4 is 110 Å². The van der Waals surface area contributed by atoms with Gasteiger partial charge in [-0.25, -0.2) is 59.7 Å². The first kappa shape index (κ1) is 42.3. The Morgan fingerprint density at radius 2 is 1.22 bits per heavy atom. The summed E-state index contributed by atoms with van der Waals surface area (Å²) in [6.07, 6.45) is 6.22. The lowest BCUT2D eigenvalue weighted by Crippen LogP contribution is -2.13. The third-order valence-corrected chi connectivity index (χ3v) is 7.20. The van der Waals surface area contributed by atoms with Crippen LogP contribution in [0.25, 0.3) is 33.1 Å². The number of carbonyl (C=O) groups excluding carboxylic acids is 2. The number of halogens is 6. The Labute approximate surface area is 327 Å². The van der Waals surface area contributed by atoms with Crippen LogP contribution in [0.1, 0.15) is 48.4 Å². The molecule has 10 nitrogen and oxygen atoms in total. The van der Waals surface area contributed by atoms with Crippen LogP contribution in [-0.4, -0.2) is 64.6 Å². The zero-order valence-electron chi connectivity index (χ0n) is 28.3. The number of hydrogen-bond acceptors (Lipinski definition) is 8. The van der Waals surface area contributed by atoms with Crippen molar-refractivity contribution in [2.75, 3.05) is 0 Å². The summed E-state index contributed by atoms with van der Waals surface area (Å²) in [7, 11) is 18.8. The van der Waals surface area contributed by atoms with Crippen LogP contribution >= 0.6 is 65.0 Å². The van der Waals surface area contributed by atoms with Crippen LogP contribution in [0.15, 0.2) is 79.4 Å². The molecule has 0 radical (unpaired) electrons. The van der Waals surface area contributed by atoms with Crippen molar-refractivity contribution in [3.8, 4) is 11.3 Å². The van der Waals surface area contributed by atoms with Crippen LogP contribution in [0.4, 0.5) is 0 Å². The maximum absolute atomic E-state index is 12.4. The summed E-state index contributed by atoms with van der Waals surface area (Å²) in [6, 6.07) is 18.4. The van der Waals surface area contributed by atoms with Gasteiger partial charge in [0.2, 0.25) is 10.6 Å². The fourth-order valence-electron chi connectivity index (χ4n) is 4.50. The number of para-hydroxylation sites is 2. The van der Waals surface area contributed by atoms with Gasteiger partial charge in [0.25, 0.3) is 0 Å². The van der Waals surface area contributed by atoms with E-state index in [0.29, 0.717) is 11.3 Å². The van der Waals surface area contributed by atoms with Crippen LogP contribution in [0, 0.1) is 0 Å². The van der Waals surface area contributed by atoms with Gasteiger partial charge in [-0.3, -0.25) is 0 Å². The fourth-order valence-corrected chi connectivity index (χ4v) is 5.02. The maximum Gasteiger partial charge on any atom is 0.643 e. The molecule has 6 aromatic rings. The summed E-state index contributed by atoms with van der Waals surface area (Å²) < 4.78 is 14.3. The summed E-state index contributed by atoms with van der Waals surface area (Å²) in [5, 5.41) is 2.38. The first-order valence-electron chi connectivity index (χ1n) is 15.2. The lowest BCUT2D eigenvalue weighted by atomic mass is 10.1. The minimum atomic E-state index is -1.72. The molecule has 0 spiro atoms. The molecular weight excluding hydrogens is 796 g/mol. The molecule has 0 N–H and O–H groups in total. The van der Waals surface area contributed by atoms with Crippen LogP contribution in [0.2, 0.25) is 15.7 Å². The Bertz CT molecular complexity index is 2090. The first-order valence-corrected chi connectivity index (χ1v) is 21.5. The van der Waals surface area contributed by atoms with Crippen molar-refractivity contribution in [3.63, 3.8) is 0 Å². The number of hydrogen-bond donors (Lipinski definition) is 0. The molecular formula is C34H33AlCl6N6O4. The highest BCUT2D eigenvalue weighted by molar-refractivity contribution is 7.54. The first-order chi connectivity index (χ1) is 24.1. The normalized spacial score (nSPS) is 10.5. The van der Waals surface area contributed by atoms with Gasteiger partial charge >= 0.3 is 23.3 Å². The van der Waals surface area contributed by atoms with Gasteiger partial charge in [0.15, 0.2) is 0 Å². The smallest absolute Gasteiger partial charge is 0.459 e. The van der Waals surface area contributed by atoms with Gasteiger partial charge in [-0.2, -0.15) is 0 Å². The van der Waals surface area contributed by atoms with E-state index in [-0.39, 0.29) is 33.5 Å². The zero-order chi connectivity index (χ0) is 37.8. The second kappa shape index (κ2) is 20.2. The quantitative estimate of drug-likeness (QED) is 0.0731. The highest BCUT2D eigenvalue weighted by atomic mass is 35.8. The molecule has 4 aromatic heterocycles. The van der Waals surface area contributed by atoms with Crippen molar-refractivity contribution in [1.82, 2.24) is 29.1 Å². The number of benzene rings is 2. The topological polar surface area (TPSA) is 114 Å². The molecule has 0 atom stereocenters. The van der Waals surface area contributed by atoms with Crippen LogP contribution in [-0.2, 0) is 23.6 Å². The summed E-state index contributed by atoms with van der Waals surface area (Å²) in [6.45, 7) is 7.07. The molecule has 0 fully saturated rings. The largest absolute Gasteiger partial charge is 0.643 e. The van der Waals surface area contributed by atoms with Crippen molar-refractivity contribution < 1.29 is 19.1 Å². The van der Waals surface area contributed by atoms with Gasteiger partial charge in [0, 0.05) is 60.9 Å². The molecule has 17 heteroatoms. The third-order valence-electron chi connectivity index (χ3n) is 6.54. The third kappa shape index (κ3) is 12.8. The number of aromatic nitrogens is 6. The molecule has 0 aliphatic carbocycles. The maximum atomic E-state index is 12.4. The average Bonchev–Trinajstić information content (AvgIpc) is 3.60. The van der Waals surface area contributed by atoms with E-state index in [0.717, 1.165) is 16.5 Å². The van der Waals surface area contributed by atoms with Crippen molar-refractivity contribution in [2.45, 2.75) is 39.9 Å². The average molecular weight is 829 g/mol. The summed E-state index contributed by atoms with van der Waals surface area (Å²) >= 11 is 15.4. The lowest BCUT2D eigenvalue weighted by molar-refractivity contribution is 0.0366. The van der Waals surface area contributed by atoms with Gasteiger partial charge in [-0.15, -0.1) is 0 Å². The Kier molecular flexibility index (Phi) is 16.8. The molecule has 0 aliphatic rings. The van der Waals surface area contributed by atoms with E-state index in [1.807, 2.05) is 42.1 Å². The zero-order valence-corrected chi connectivity index (χ0v) is 34.0. The molecule has 0 aliphatic heterocycles. The second-order valence-electron chi connectivity index (χ2n) is 11.1. The molecule has 0 saturated heterocycles. The number of esters is 2. The second-order valence-corrected chi connectivity index (χ2v) is 18.5. The van der Waals surface area contributed by atoms with Crippen molar-refractivity contribution in [1.29, 1.82) is 0 Å².